The molecule has 0 radical (unpaired) electrons. The van der Waals surface area contributed by atoms with Crippen LogP contribution in [-0.2, 0) is 13.0 Å². The van der Waals surface area contributed by atoms with Gasteiger partial charge in [0.1, 0.15) is 0 Å². The number of rotatable bonds is 5. The van der Waals surface area contributed by atoms with Crippen molar-refractivity contribution in [1.82, 2.24) is 19.7 Å². The van der Waals surface area contributed by atoms with E-state index in [9.17, 15) is 0 Å². The van der Waals surface area contributed by atoms with Gasteiger partial charge < -0.3 is 0 Å². The molecular formula is C17H19BrN4S. The van der Waals surface area contributed by atoms with Gasteiger partial charge in [0.05, 0.1) is 3.79 Å². The van der Waals surface area contributed by atoms with E-state index in [1.54, 1.807) is 11.3 Å². The average molecular weight is 391 g/mol. The van der Waals surface area contributed by atoms with Crippen LogP contribution in [0, 0.1) is 12.8 Å². The molecule has 0 atom stereocenters. The zero-order chi connectivity index (χ0) is 16.4. The lowest BCUT2D eigenvalue weighted by molar-refractivity contribution is 0.484. The summed E-state index contributed by atoms with van der Waals surface area (Å²) in [6.45, 7) is 7.39. The van der Waals surface area contributed by atoms with E-state index in [4.69, 9.17) is 10.1 Å². The molecule has 0 bridgehead atoms. The van der Waals surface area contributed by atoms with Crippen LogP contribution in [0.25, 0.3) is 11.4 Å². The van der Waals surface area contributed by atoms with Gasteiger partial charge in [-0.1, -0.05) is 13.8 Å². The fourth-order valence-corrected chi connectivity index (χ4v) is 4.17. The van der Waals surface area contributed by atoms with E-state index < -0.39 is 0 Å². The summed E-state index contributed by atoms with van der Waals surface area (Å²) < 4.78 is 3.17. The molecule has 120 valence electrons. The maximum absolute atomic E-state index is 4.82. The molecule has 0 spiro atoms. The molecule has 0 aromatic carbocycles. The largest absolute Gasteiger partial charge is 0.265 e. The highest BCUT2D eigenvalue weighted by Gasteiger charge is 2.17. The molecule has 0 saturated heterocycles. The van der Waals surface area contributed by atoms with E-state index in [-0.39, 0.29) is 0 Å². The number of nitrogens with zero attached hydrogens (tertiary/aromatic N) is 4. The SMILES string of the molecule is Cc1sc(Br)cc1-c1nc(Cc2ccncc2)nn1CC(C)C. The maximum atomic E-state index is 4.82. The van der Waals surface area contributed by atoms with Crippen molar-refractivity contribution in [2.75, 3.05) is 0 Å². The molecule has 6 heteroatoms. The van der Waals surface area contributed by atoms with Crippen LogP contribution >= 0.6 is 27.3 Å². The molecule has 0 aliphatic heterocycles. The zero-order valence-electron chi connectivity index (χ0n) is 13.5. The minimum Gasteiger partial charge on any atom is -0.265 e. The van der Waals surface area contributed by atoms with E-state index in [0.717, 1.165) is 34.0 Å². The van der Waals surface area contributed by atoms with Gasteiger partial charge in [0.25, 0.3) is 0 Å². The average Bonchev–Trinajstić information content (AvgIpc) is 3.02. The van der Waals surface area contributed by atoms with Gasteiger partial charge in [-0.3, -0.25) is 4.98 Å². The summed E-state index contributed by atoms with van der Waals surface area (Å²) in [5.41, 5.74) is 2.34. The van der Waals surface area contributed by atoms with Crippen LogP contribution < -0.4 is 0 Å². The predicted molar refractivity (Wildman–Crippen MR) is 97.7 cm³/mol. The third-order valence-electron chi connectivity index (χ3n) is 3.49. The molecule has 3 aromatic heterocycles. The Morgan fingerprint density at radius 1 is 1.26 bits per heavy atom. The number of hydrogen-bond acceptors (Lipinski definition) is 4. The Balaban J connectivity index is 1.98. The van der Waals surface area contributed by atoms with Crippen molar-refractivity contribution in [1.29, 1.82) is 0 Å². The molecule has 3 rings (SSSR count). The van der Waals surface area contributed by atoms with Gasteiger partial charge in [-0.25, -0.2) is 9.67 Å². The molecule has 23 heavy (non-hydrogen) atoms. The minimum absolute atomic E-state index is 0.520. The second kappa shape index (κ2) is 6.93. The minimum atomic E-state index is 0.520. The summed E-state index contributed by atoms with van der Waals surface area (Å²) in [4.78, 5) is 10.1. The first-order valence-electron chi connectivity index (χ1n) is 7.62. The summed E-state index contributed by atoms with van der Waals surface area (Å²) in [6, 6.07) is 6.15. The van der Waals surface area contributed by atoms with Crippen LogP contribution in [0.15, 0.2) is 34.4 Å². The number of hydrogen-bond donors (Lipinski definition) is 0. The quantitative estimate of drug-likeness (QED) is 0.632. The summed E-state index contributed by atoms with van der Waals surface area (Å²) in [6.07, 6.45) is 4.34. The van der Waals surface area contributed by atoms with Gasteiger partial charge in [0.15, 0.2) is 11.6 Å². The van der Waals surface area contributed by atoms with Gasteiger partial charge in [0, 0.05) is 35.8 Å². The van der Waals surface area contributed by atoms with Crippen molar-refractivity contribution in [3.63, 3.8) is 0 Å². The summed E-state index contributed by atoms with van der Waals surface area (Å²) in [5, 5.41) is 4.75. The van der Waals surface area contributed by atoms with Crippen molar-refractivity contribution in [2.24, 2.45) is 5.92 Å². The lowest BCUT2D eigenvalue weighted by Gasteiger charge is -2.07. The summed E-state index contributed by atoms with van der Waals surface area (Å²) in [5.74, 6) is 2.34. The van der Waals surface area contributed by atoms with E-state index in [2.05, 4.69) is 47.8 Å². The number of halogens is 1. The van der Waals surface area contributed by atoms with Gasteiger partial charge in [-0.15, -0.1) is 11.3 Å². The Kier molecular flexibility index (Phi) is 4.92. The molecule has 3 heterocycles. The fraction of sp³-hybridized carbons (Fsp3) is 0.353. The Morgan fingerprint density at radius 2 is 2.00 bits per heavy atom. The predicted octanol–water partition coefficient (Wildman–Crippen LogP) is 4.72. The van der Waals surface area contributed by atoms with E-state index in [1.165, 1.54) is 10.4 Å². The second-order valence-electron chi connectivity index (χ2n) is 5.98. The van der Waals surface area contributed by atoms with Crippen LogP contribution in [0.5, 0.6) is 0 Å². The molecule has 0 unspecified atom stereocenters. The fourth-order valence-electron chi connectivity index (χ4n) is 2.49. The third-order valence-corrected chi connectivity index (χ3v) is 5.05. The first-order chi connectivity index (χ1) is 11.0. The molecule has 0 aliphatic rings. The van der Waals surface area contributed by atoms with Crippen LogP contribution in [-0.4, -0.2) is 19.7 Å². The Hall–Kier alpha value is -1.53. The maximum Gasteiger partial charge on any atom is 0.159 e. The normalized spacial score (nSPS) is 11.3. The Morgan fingerprint density at radius 3 is 2.61 bits per heavy atom. The van der Waals surface area contributed by atoms with Gasteiger partial charge in [0.2, 0.25) is 0 Å². The lowest BCUT2D eigenvalue weighted by atomic mass is 10.2. The third kappa shape index (κ3) is 3.87. The molecule has 0 N–H and O–H groups in total. The monoisotopic (exact) mass is 390 g/mol. The van der Waals surface area contributed by atoms with Crippen molar-refractivity contribution in [3.8, 4) is 11.4 Å². The molecule has 0 aliphatic carbocycles. The highest BCUT2D eigenvalue weighted by molar-refractivity contribution is 9.11. The van der Waals surface area contributed by atoms with Crippen molar-refractivity contribution in [2.45, 2.75) is 33.7 Å². The lowest BCUT2D eigenvalue weighted by Crippen LogP contribution is -2.08. The van der Waals surface area contributed by atoms with Crippen LogP contribution in [0.3, 0.4) is 0 Å². The number of thiophene rings is 1. The molecular weight excluding hydrogens is 372 g/mol. The molecule has 0 amide bonds. The van der Waals surface area contributed by atoms with Gasteiger partial charge in [-0.2, -0.15) is 5.10 Å². The number of aromatic nitrogens is 4. The molecule has 0 saturated carbocycles. The van der Waals surface area contributed by atoms with Crippen molar-refractivity contribution < 1.29 is 0 Å². The topological polar surface area (TPSA) is 43.6 Å². The highest BCUT2D eigenvalue weighted by Crippen LogP contribution is 2.33. The van der Waals surface area contributed by atoms with Crippen molar-refractivity contribution in [3.05, 3.63) is 50.6 Å². The van der Waals surface area contributed by atoms with Crippen molar-refractivity contribution >= 4 is 27.3 Å². The van der Waals surface area contributed by atoms with Crippen LogP contribution in [0.4, 0.5) is 0 Å². The van der Waals surface area contributed by atoms with Gasteiger partial charge in [-0.05, 0) is 52.5 Å². The summed E-state index contributed by atoms with van der Waals surface area (Å²) in [7, 11) is 0. The second-order valence-corrected chi connectivity index (χ2v) is 8.62. The number of aryl methyl sites for hydroxylation is 1. The highest BCUT2D eigenvalue weighted by atomic mass is 79.9. The van der Waals surface area contributed by atoms with Crippen LogP contribution in [0.2, 0.25) is 0 Å². The summed E-state index contributed by atoms with van der Waals surface area (Å²) >= 11 is 5.30. The Bertz CT molecular complexity index is 792. The van der Waals surface area contributed by atoms with E-state index in [1.807, 2.05) is 29.2 Å². The van der Waals surface area contributed by atoms with E-state index >= 15 is 0 Å². The molecule has 3 aromatic rings. The van der Waals surface area contributed by atoms with Gasteiger partial charge >= 0.3 is 0 Å². The first-order valence-corrected chi connectivity index (χ1v) is 9.23. The smallest absolute Gasteiger partial charge is 0.159 e. The van der Waals surface area contributed by atoms with E-state index in [0.29, 0.717) is 5.92 Å². The standard InChI is InChI=1S/C17H19BrN4S/c1-11(2)10-22-17(14-9-15(18)23-12(14)3)20-16(21-22)8-13-4-6-19-7-5-13/h4-7,9,11H,8,10H2,1-3H3. The first kappa shape index (κ1) is 16.3. The Labute approximate surface area is 148 Å². The molecule has 0 fully saturated rings. The van der Waals surface area contributed by atoms with Crippen LogP contribution in [0.1, 0.15) is 30.1 Å². The zero-order valence-corrected chi connectivity index (χ0v) is 15.9. The molecule has 4 nitrogen and oxygen atoms in total. The number of pyridine rings is 1.